The Morgan fingerprint density at radius 3 is 2.61 bits per heavy atom. The van der Waals surface area contributed by atoms with Crippen LogP contribution in [0.3, 0.4) is 0 Å². The van der Waals surface area contributed by atoms with Crippen molar-refractivity contribution < 1.29 is 9.59 Å². The van der Waals surface area contributed by atoms with Crippen LogP contribution in [0.4, 0.5) is 10.5 Å². The largest absolute Gasteiger partial charge is 0.334 e. The highest BCUT2D eigenvalue weighted by atomic mass is 35.5. The van der Waals surface area contributed by atoms with Crippen molar-refractivity contribution in [1.82, 2.24) is 5.32 Å². The number of benzene rings is 1. The number of hydrogen-bond donors (Lipinski definition) is 1. The van der Waals surface area contributed by atoms with E-state index in [0.717, 1.165) is 11.3 Å². The summed E-state index contributed by atoms with van der Waals surface area (Å²) in [6, 6.07) is 4.15. The van der Waals surface area contributed by atoms with Crippen molar-refractivity contribution in [2.24, 2.45) is 0 Å². The van der Waals surface area contributed by atoms with E-state index in [4.69, 9.17) is 23.2 Å². The van der Waals surface area contributed by atoms with Crippen molar-refractivity contribution >= 4 is 40.8 Å². The van der Waals surface area contributed by atoms with Gasteiger partial charge in [-0.2, -0.15) is 0 Å². The molecule has 1 aliphatic rings. The number of nitrogens with one attached hydrogen (secondary N) is 1. The molecule has 0 saturated carbocycles. The maximum Gasteiger partial charge on any atom is 0.328 e. The Bertz CT molecular complexity index is 487. The lowest BCUT2D eigenvalue weighted by Gasteiger charge is -2.30. The van der Waals surface area contributed by atoms with Crippen molar-refractivity contribution in [3.63, 3.8) is 0 Å². The second kappa shape index (κ2) is 5.16. The van der Waals surface area contributed by atoms with Crippen LogP contribution in [0.1, 0.15) is 19.8 Å². The van der Waals surface area contributed by atoms with Crippen molar-refractivity contribution in [2.75, 3.05) is 4.90 Å². The molecular weight excluding hydrogens is 275 g/mol. The van der Waals surface area contributed by atoms with Crippen LogP contribution in [0.2, 0.25) is 10.0 Å². The summed E-state index contributed by atoms with van der Waals surface area (Å²) in [4.78, 5) is 24.9. The molecule has 1 saturated heterocycles. The van der Waals surface area contributed by atoms with Gasteiger partial charge in [-0.3, -0.25) is 4.79 Å². The van der Waals surface area contributed by atoms with E-state index < -0.39 is 6.03 Å². The molecule has 0 aliphatic carbocycles. The molecule has 1 fully saturated rings. The Morgan fingerprint density at radius 2 is 2.06 bits per heavy atom. The molecule has 1 heterocycles. The van der Waals surface area contributed by atoms with Crippen molar-refractivity contribution in [3.8, 4) is 0 Å². The molecule has 1 unspecified atom stereocenters. The van der Waals surface area contributed by atoms with Crippen LogP contribution in [-0.2, 0) is 4.79 Å². The highest BCUT2D eigenvalue weighted by molar-refractivity contribution is 6.42. The zero-order valence-corrected chi connectivity index (χ0v) is 11.3. The molecule has 0 spiro atoms. The lowest BCUT2D eigenvalue weighted by Crippen LogP contribution is -2.54. The second-order valence-corrected chi connectivity index (χ2v) is 4.90. The lowest BCUT2D eigenvalue weighted by atomic mass is 10.1. The van der Waals surface area contributed by atoms with Crippen LogP contribution in [0, 0.1) is 0 Å². The van der Waals surface area contributed by atoms with E-state index in [-0.39, 0.29) is 11.9 Å². The zero-order valence-electron chi connectivity index (χ0n) is 9.74. The third-order valence-corrected chi connectivity index (χ3v) is 3.59. The molecule has 1 N–H and O–H groups in total. The Hall–Kier alpha value is -1.26. The number of carbonyl (C=O) groups excluding carboxylic acids is 2. The van der Waals surface area contributed by atoms with Crippen molar-refractivity contribution in [3.05, 3.63) is 28.2 Å². The van der Waals surface area contributed by atoms with E-state index in [0.29, 0.717) is 22.2 Å². The molecule has 1 aliphatic heterocycles. The van der Waals surface area contributed by atoms with Gasteiger partial charge >= 0.3 is 6.03 Å². The van der Waals surface area contributed by atoms with Gasteiger partial charge in [0.15, 0.2) is 0 Å². The molecule has 2 rings (SSSR count). The topological polar surface area (TPSA) is 49.4 Å². The molecule has 0 bridgehead atoms. The molecule has 1 aromatic carbocycles. The average Bonchev–Trinajstić information content (AvgIpc) is 2.32. The molecule has 6 heteroatoms. The van der Waals surface area contributed by atoms with Gasteiger partial charge in [-0.05, 0) is 24.6 Å². The number of rotatable bonds is 2. The zero-order chi connectivity index (χ0) is 13.3. The summed E-state index contributed by atoms with van der Waals surface area (Å²) in [6.07, 6.45) is 1.02. The number of halogens is 2. The van der Waals surface area contributed by atoms with Crippen LogP contribution < -0.4 is 10.2 Å². The van der Waals surface area contributed by atoms with Crippen LogP contribution in [0.5, 0.6) is 0 Å². The van der Waals surface area contributed by atoms with Gasteiger partial charge < -0.3 is 5.32 Å². The van der Waals surface area contributed by atoms with E-state index in [1.165, 1.54) is 6.07 Å². The van der Waals surface area contributed by atoms with Crippen LogP contribution in [0.15, 0.2) is 18.2 Å². The van der Waals surface area contributed by atoms with Gasteiger partial charge in [-0.25, -0.2) is 9.69 Å². The molecule has 18 heavy (non-hydrogen) atoms. The summed E-state index contributed by atoms with van der Waals surface area (Å²) in [5.74, 6) is -0.232. The lowest BCUT2D eigenvalue weighted by molar-refractivity contribution is -0.119. The fourth-order valence-corrected chi connectivity index (χ4v) is 2.13. The Labute approximate surface area is 115 Å². The first-order valence-electron chi connectivity index (χ1n) is 5.61. The van der Waals surface area contributed by atoms with Crippen LogP contribution >= 0.6 is 23.2 Å². The smallest absolute Gasteiger partial charge is 0.328 e. The molecule has 3 amide bonds. The maximum atomic E-state index is 12.0. The number of carbonyl (C=O) groups is 2. The van der Waals surface area contributed by atoms with E-state index in [1.54, 1.807) is 12.1 Å². The maximum absolute atomic E-state index is 12.0. The SMILES string of the molecule is CCC1CC(=O)N(c2ccc(Cl)c(Cl)c2)C(=O)N1. The van der Waals surface area contributed by atoms with Gasteiger partial charge in [0.2, 0.25) is 5.91 Å². The summed E-state index contributed by atoms with van der Waals surface area (Å²) < 4.78 is 0. The first-order valence-corrected chi connectivity index (χ1v) is 6.37. The summed E-state index contributed by atoms with van der Waals surface area (Å²) >= 11 is 11.7. The first-order chi connectivity index (χ1) is 8.52. The number of urea groups is 1. The minimum Gasteiger partial charge on any atom is -0.334 e. The summed E-state index contributed by atoms with van der Waals surface area (Å²) in [5, 5.41) is 3.47. The molecule has 0 radical (unpaired) electrons. The molecule has 1 atom stereocenters. The fourth-order valence-electron chi connectivity index (χ4n) is 1.84. The normalized spacial score (nSPS) is 19.9. The summed E-state index contributed by atoms with van der Waals surface area (Å²) in [5.41, 5.74) is 0.432. The van der Waals surface area contributed by atoms with Crippen molar-refractivity contribution in [2.45, 2.75) is 25.8 Å². The third-order valence-electron chi connectivity index (χ3n) is 2.86. The quantitative estimate of drug-likeness (QED) is 0.908. The molecule has 0 aromatic heterocycles. The van der Waals surface area contributed by atoms with Crippen LogP contribution in [-0.4, -0.2) is 18.0 Å². The van der Waals surface area contributed by atoms with Gasteiger partial charge in [0.05, 0.1) is 15.7 Å². The number of imide groups is 1. The molecule has 1 aromatic rings. The third kappa shape index (κ3) is 2.44. The predicted octanol–water partition coefficient (Wildman–Crippen LogP) is 3.22. The van der Waals surface area contributed by atoms with E-state index in [9.17, 15) is 9.59 Å². The van der Waals surface area contributed by atoms with E-state index in [2.05, 4.69) is 5.32 Å². The standard InChI is InChI=1S/C12H12Cl2N2O2/c1-2-7-5-11(17)16(12(18)15-7)8-3-4-9(13)10(14)6-8/h3-4,6-7H,2,5H2,1H3,(H,15,18). The minimum absolute atomic E-state index is 0.0935. The van der Waals surface area contributed by atoms with Crippen molar-refractivity contribution in [1.29, 1.82) is 0 Å². The van der Waals surface area contributed by atoms with Gasteiger partial charge in [0.25, 0.3) is 0 Å². The van der Waals surface area contributed by atoms with Gasteiger partial charge in [-0.15, -0.1) is 0 Å². The Kier molecular flexibility index (Phi) is 3.78. The highest BCUT2D eigenvalue weighted by Crippen LogP contribution is 2.28. The number of nitrogens with zero attached hydrogens (tertiary/aromatic N) is 1. The Balaban J connectivity index is 2.30. The highest BCUT2D eigenvalue weighted by Gasteiger charge is 2.32. The fraction of sp³-hybridized carbons (Fsp3) is 0.333. The Morgan fingerprint density at radius 1 is 1.33 bits per heavy atom. The number of amides is 3. The monoisotopic (exact) mass is 286 g/mol. The molecular formula is C12H12Cl2N2O2. The number of hydrogen-bond acceptors (Lipinski definition) is 2. The first kappa shape index (κ1) is 13.2. The summed E-state index contributed by atoms with van der Waals surface area (Å²) in [6.45, 7) is 1.92. The number of anilines is 1. The molecule has 96 valence electrons. The van der Waals surface area contributed by atoms with Gasteiger partial charge in [0.1, 0.15) is 0 Å². The second-order valence-electron chi connectivity index (χ2n) is 4.09. The van der Waals surface area contributed by atoms with Crippen LogP contribution in [0.25, 0.3) is 0 Å². The van der Waals surface area contributed by atoms with E-state index in [1.807, 2.05) is 6.92 Å². The summed E-state index contributed by atoms with van der Waals surface area (Å²) in [7, 11) is 0. The van der Waals surface area contributed by atoms with E-state index >= 15 is 0 Å². The van der Waals surface area contributed by atoms with Gasteiger partial charge in [-0.1, -0.05) is 30.1 Å². The average molecular weight is 287 g/mol. The minimum atomic E-state index is -0.420. The molecule has 4 nitrogen and oxygen atoms in total. The predicted molar refractivity (Wildman–Crippen MR) is 71.2 cm³/mol. The van der Waals surface area contributed by atoms with Gasteiger partial charge in [0, 0.05) is 12.5 Å².